The van der Waals surface area contributed by atoms with Crippen molar-refractivity contribution in [1.82, 2.24) is 25.2 Å². The van der Waals surface area contributed by atoms with Crippen LogP contribution >= 0.6 is 0 Å². The van der Waals surface area contributed by atoms with Gasteiger partial charge in [-0.3, -0.25) is 4.40 Å². The number of ether oxygens (including phenoxy) is 1. The Morgan fingerprint density at radius 1 is 1.15 bits per heavy atom. The quantitative estimate of drug-likeness (QED) is 0.496. The van der Waals surface area contributed by atoms with Crippen molar-refractivity contribution in [3.8, 4) is 5.75 Å². The first-order valence-corrected chi connectivity index (χ1v) is 9.20. The summed E-state index contributed by atoms with van der Waals surface area (Å²) in [4.78, 5) is 4.61. The van der Waals surface area contributed by atoms with Crippen molar-refractivity contribution in [3.05, 3.63) is 60.0 Å². The van der Waals surface area contributed by atoms with Gasteiger partial charge in [-0.15, -0.1) is 10.2 Å². The maximum atomic E-state index is 5.93. The fourth-order valence-electron chi connectivity index (χ4n) is 2.62. The van der Waals surface area contributed by atoms with Gasteiger partial charge in [0, 0.05) is 12.7 Å². The third-order valence-corrected chi connectivity index (χ3v) is 4.02. The Balaban J connectivity index is 1.57. The molecule has 0 saturated heterocycles. The minimum Gasteiger partial charge on any atom is -0.489 e. The summed E-state index contributed by atoms with van der Waals surface area (Å²) in [5.74, 6) is 2.39. The van der Waals surface area contributed by atoms with Gasteiger partial charge < -0.3 is 15.4 Å². The van der Waals surface area contributed by atoms with Crippen molar-refractivity contribution in [2.45, 2.75) is 33.4 Å². The highest BCUT2D eigenvalue weighted by Gasteiger charge is 2.07. The zero-order valence-corrected chi connectivity index (χ0v) is 16.0. The normalized spacial score (nSPS) is 12.8. The van der Waals surface area contributed by atoms with Gasteiger partial charge >= 0.3 is 0 Å². The van der Waals surface area contributed by atoms with Crippen LogP contribution in [0.5, 0.6) is 5.75 Å². The zero-order chi connectivity index (χ0) is 19.1. The van der Waals surface area contributed by atoms with Gasteiger partial charge in [0.2, 0.25) is 0 Å². The third-order valence-electron chi connectivity index (χ3n) is 4.02. The van der Waals surface area contributed by atoms with Crippen molar-refractivity contribution in [2.75, 3.05) is 13.1 Å². The second-order valence-electron chi connectivity index (χ2n) is 6.36. The Morgan fingerprint density at radius 3 is 2.74 bits per heavy atom. The number of fused-ring (bicyclic) bond motifs is 1. The first-order chi connectivity index (χ1) is 13.2. The molecule has 3 aromatic rings. The van der Waals surface area contributed by atoms with Crippen LogP contribution in [-0.2, 0) is 6.54 Å². The maximum Gasteiger partial charge on any atom is 0.191 e. The molecule has 0 spiro atoms. The van der Waals surface area contributed by atoms with E-state index >= 15 is 0 Å². The Bertz CT molecular complexity index is 887. The van der Waals surface area contributed by atoms with E-state index in [1.54, 1.807) is 0 Å². The van der Waals surface area contributed by atoms with Crippen LogP contribution in [0, 0.1) is 6.92 Å². The first kappa shape index (κ1) is 18.7. The second-order valence-corrected chi connectivity index (χ2v) is 6.36. The van der Waals surface area contributed by atoms with Crippen molar-refractivity contribution < 1.29 is 4.74 Å². The number of aromatic nitrogens is 3. The molecule has 2 N–H and O–H groups in total. The number of aryl methyl sites for hydroxylation is 1. The number of benzene rings is 1. The molecule has 0 amide bonds. The molecule has 0 aliphatic rings. The molecule has 7 nitrogen and oxygen atoms in total. The lowest BCUT2D eigenvalue weighted by Crippen LogP contribution is -2.41. The number of guanidine groups is 1. The highest BCUT2D eigenvalue weighted by Crippen LogP contribution is 2.13. The molecular weight excluding hydrogens is 340 g/mol. The highest BCUT2D eigenvalue weighted by molar-refractivity contribution is 5.79. The molecule has 2 aromatic heterocycles. The SMILES string of the molecule is CCNC(=NCc1nnc2ccccn12)NCC(C)Oc1ccc(C)cc1. The van der Waals surface area contributed by atoms with Crippen LogP contribution < -0.4 is 15.4 Å². The molecule has 1 aromatic carbocycles. The van der Waals surface area contributed by atoms with E-state index in [4.69, 9.17) is 4.74 Å². The van der Waals surface area contributed by atoms with Crippen molar-refractivity contribution in [3.63, 3.8) is 0 Å². The van der Waals surface area contributed by atoms with E-state index in [-0.39, 0.29) is 6.10 Å². The van der Waals surface area contributed by atoms with Gasteiger partial charge in [-0.1, -0.05) is 23.8 Å². The van der Waals surface area contributed by atoms with E-state index in [1.165, 1.54) is 5.56 Å². The predicted molar refractivity (Wildman–Crippen MR) is 107 cm³/mol. The van der Waals surface area contributed by atoms with E-state index in [9.17, 15) is 0 Å². The van der Waals surface area contributed by atoms with E-state index in [1.807, 2.05) is 66.9 Å². The van der Waals surface area contributed by atoms with Gasteiger partial charge in [0.25, 0.3) is 0 Å². The van der Waals surface area contributed by atoms with Crippen LogP contribution in [0.4, 0.5) is 0 Å². The lowest BCUT2D eigenvalue weighted by Gasteiger charge is -2.17. The Hall–Kier alpha value is -3.09. The minimum absolute atomic E-state index is 0.00508. The van der Waals surface area contributed by atoms with Gasteiger partial charge in [0.1, 0.15) is 18.4 Å². The molecule has 0 saturated carbocycles. The fourth-order valence-corrected chi connectivity index (χ4v) is 2.62. The van der Waals surface area contributed by atoms with Gasteiger partial charge in [-0.05, 0) is 45.0 Å². The van der Waals surface area contributed by atoms with Gasteiger partial charge in [0.05, 0.1) is 6.54 Å². The lowest BCUT2D eigenvalue weighted by molar-refractivity contribution is 0.224. The third kappa shape index (κ3) is 5.20. The lowest BCUT2D eigenvalue weighted by atomic mass is 10.2. The van der Waals surface area contributed by atoms with Crippen LogP contribution in [-0.4, -0.2) is 39.8 Å². The summed E-state index contributed by atoms with van der Waals surface area (Å²) >= 11 is 0. The number of aliphatic imine (C=N–C) groups is 1. The smallest absolute Gasteiger partial charge is 0.191 e. The molecule has 142 valence electrons. The Kier molecular flexibility index (Phi) is 6.25. The van der Waals surface area contributed by atoms with Crippen LogP contribution in [0.2, 0.25) is 0 Å². The number of rotatable bonds is 7. The fraction of sp³-hybridized carbons (Fsp3) is 0.350. The van der Waals surface area contributed by atoms with Crippen molar-refractivity contribution in [1.29, 1.82) is 0 Å². The summed E-state index contributed by atoms with van der Waals surface area (Å²) in [5, 5.41) is 14.9. The van der Waals surface area contributed by atoms with E-state index in [2.05, 4.69) is 32.7 Å². The Morgan fingerprint density at radius 2 is 1.96 bits per heavy atom. The molecule has 7 heteroatoms. The first-order valence-electron chi connectivity index (χ1n) is 9.20. The zero-order valence-electron chi connectivity index (χ0n) is 16.0. The van der Waals surface area contributed by atoms with E-state index in [0.29, 0.717) is 13.1 Å². The summed E-state index contributed by atoms with van der Waals surface area (Å²) in [7, 11) is 0. The van der Waals surface area contributed by atoms with Crippen LogP contribution in [0.25, 0.3) is 5.65 Å². The Labute approximate surface area is 159 Å². The van der Waals surface area contributed by atoms with Crippen molar-refractivity contribution in [2.24, 2.45) is 4.99 Å². The molecule has 0 radical (unpaired) electrons. The molecule has 1 atom stereocenters. The van der Waals surface area contributed by atoms with Gasteiger partial charge in [-0.25, -0.2) is 4.99 Å². The number of nitrogens with zero attached hydrogens (tertiary/aromatic N) is 4. The van der Waals surface area contributed by atoms with Crippen LogP contribution in [0.1, 0.15) is 25.2 Å². The largest absolute Gasteiger partial charge is 0.489 e. The highest BCUT2D eigenvalue weighted by atomic mass is 16.5. The number of hydrogen-bond acceptors (Lipinski definition) is 4. The molecule has 0 aliphatic carbocycles. The standard InChI is InChI=1S/C20H26N6O/c1-4-21-20(22-13-16(3)27-17-10-8-15(2)9-11-17)23-14-19-25-24-18-7-5-6-12-26(18)19/h5-12,16H,4,13-14H2,1-3H3,(H2,21,22,23). The van der Waals surface area contributed by atoms with Crippen LogP contribution in [0.3, 0.4) is 0 Å². The monoisotopic (exact) mass is 366 g/mol. The molecule has 0 fully saturated rings. The summed E-state index contributed by atoms with van der Waals surface area (Å²) in [6, 6.07) is 13.9. The molecule has 1 unspecified atom stereocenters. The summed E-state index contributed by atoms with van der Waals surface area (Å²) in [5.41, 5.74) is 2.04. The van der Waals surface area contributed by atoms with E-state index < -0.39 is 0 Å². The summed E-state index contributed by atoms with van der Waals surface area (Å²) < 4.78 is 7.87. The number of nitrogens with one attached hydrogen (secondary N) is 2. The van der Waals surface area contributed by atoms with Gasteiger partial charge in [-0.2, -0.15) is 0 Å². The summed E-state index contributed by atoms with van der Waals surface area (Å²) in [6.07, 6.45) is 1.95. The number of pyridine rings is 1. The number of hydrogen-bond donors (Lipinski definition) is 2. The van der Waals surface area contributed by atoms with Gasteiger partial charge in [0.15, 0.2) is 17.4 Å². The van der Waals surface area contributed by atoms with Crippen molar-refractivity contribution >= 4 is 11.6 Å². The second kappa shape index (κ2) is 9.02. The molecule has 3 rings (SSSR count). The molecule has 0 aliphatic heterocycles. The molecule has 0 bridgehead atoms. The summed E-state index contributed by atoms with van der Waals surface area (Å²) in [6.45, 7) is 7.98. The topological polar surface area (TPSA) is 75.8 Å². The average molecular weight is 366 g/mol. The molecule has 2 heterocycles. The minimum atomic E-state index is 0.00508. The average Bonchev–Trinajstić information content (AvgIpc) is 3.09. The predicted octanol–water partition coefficient (Wildman–Crippen LogP) is 2.56. The molecular formula is C20H26N6O. The van der Waals surface area contributed by atoms with Crippen LogP contribution in [0.15, 0.2) is 53.7 Å². The van der Waals surface area contributed by atoms with E-state index in [0.717, 1.165) is 29.7 Å². The molecule has 27 heavy (non-hydrogen) atoms. The maximum absolute atomic E-state index is 5.93.